The van der Waals surface area contributed by atoms with Gasteiger partial charge in [0.25, 0.3) is 5.56 Å². The largest absolute Gasteiger partial charge is 0.453 e. The molecule has 0 atom stereocenters. The first kappa shape index (κ1) is 27.4. The summed E-state index contributed by atoms with van der Waals surface area (Å²) in [5, 5.41) is 9.36. The Morgan fingerprint density at radius 3 is 2.34 bits per heavy atom. The van der Waals surface area contributed by atoms with Crippen LogP contribution in [-0.4, -0.2) is 62.3 Å². The first-order valence-corrected chi connectivity index (χ1v) is 12.7. The highest BCUT2D eigenvalue weighted by Gasteiger charge is 2.27. The number of ether oxygens (including phenoxy) is 2. The van der Waals surface area contributed by atoms with Crippen molar-refractivity contribution in [2.75, 3.05) is 31.1 Å². The number of carbonyl (C=O) groups excluding carboxylic acids is 1. The van der Waals surface area contributed by atoms with Gasteiger partial charge in [0, 0.05) is 26.2 Å². The maximum Gasteiger partial charge on any atom is 0.410 e. The van der Waals surface area contributed by atoms with Crippen LogP contribution in [0.15, 0.2) is 53.8 Å². The van der Waals surface area contributed by atoms with Gasteiger partial charge in [0.2, 0.25) is 5.95 Å². The Kier molecular flexibility index (Phi) is 7.23. The summed E-state index contributed by atoms with van der Waals surface area (Å²) in [6, 6.07) is 7.55. The van der Waals surface area contributed by atoms with E-state index in [9.17, 15) is 23.6 Å². The highest BCUT2D eigenvalue weighted by molar-refractivity contribution is 5.79. The van der Waals surface area contributed by atoms with Crippen LogP contribution in [0.4, 0.5) is 19.5 Å². The van der Waals surface area contributed by atoms with Crippen LogP contribution in [0.5, 0.6) is 11.5 Å². The number of anilines is 1. The predicted molar refractivity (Wildman–Crippen MR) is 144 cm³/mol. The molecule has 1 saturated heterocycles. The fourth-order valence-electron chi connectivity index (χ4n) is 4.22. The van der Waals surface area contributed by atoms with E-state index in [1.807, 2.05) is 25.7 Å². The lowest BCUT2D eigenvalue weighted by molar-refractivity contribution is 0.0240. The summed E-state index contributed by atoms with van der Waals surface area (Å²) in [4.78, 5) is 42.3. The summed E-state index contributed by atoms with van der Waals surface area (Å²) in [7, 11) is 0. The SMILES string of the molecule is CC(C)(C)OC(=O)N1CCN(c2ncc(-n3cnc4ccc(Oc5c(F)ccc(F)c5C#N)cc4c3=O)cn2)CC1. The van der Waals surface area contributed by atoms with Crippen molar-refractivity contribution < 1.29 is 23.0 Å². The summed E-state index contributed by atoms with van der Waals surface area (Å²) in [6.45, 7) is 7.38. The molecule has 2 aromatic carbocycles. The topological polar surface area (TPSA) is 126 Å². The van der Waals surface area contributed by atoms with Crippen molar-refractivity contribution in [1.29, 1.82) is 5.26 Å². The van der Waals surface area contributed by atoms with Gasteiger partial charge in [-0.3, -0.25) is 9.36 Å². The van der Waals surface area contributed by atoms with Crippen molar-refractivity contribution in [3.05, 3.63) is 76.6 Å². The van der Waals surface area contributed by atoms with Crippen molar-refractivity contribution in [1.82, 2.24) is 24.4 Å². The molecule has 5 rings (SSSR count). The van der Waals surface area contributed by atoms with E-state index in [1.165, 1.54) is 41.5 Å². The van der Waals surface area contributed by atoms with Crippen molar-refractivity contribution >= 4 is 22.9 Å². The van der Waals surface area contributed by atoms with Crippen molar-refractivity contribution in [3.8, 4) is 23.3 Å². The van der Waals surface area contributed by atoms with E-state index < -0.39 is 34.1 Å². The number of rotatable bonds is 4. The number of fused-ring (bicyclic) bond motifs is 1. The Bertz CT molecular complexity index is 1720. The number of piperazine rings is 1. The minimum atomic E-state index is -0.929. The molecule has 4 aromatic rings. The van der Waals surface area contributed by atoms with E-state index in [4.69, 9.17) is 9.47 Å². The normalized spacial score (nSPS) is 13.7. The molecule has 0 aliphatic carbocycles. The molecule has 0 saturated carbocycles. The first-order chi connectivity index (χ1) is 19.5. The number of carbonyl (C=O) groups is 1. The number of hydrogen-bond donors (Lipinski definition) is 0. The second-order valence-electron chi connectivity index (χ2n) is 10.2. The lowest BCUT2D eigenvalue weighted by atomic mass is 10.2. The summed E-state index contributed by atoms with van der Waals surface area (Å²) >= 11 is 0. The van der Waals surface area contributed by atoms with Crippen LogP contribution in [0.3, 0.4) is 0 Å². The second kappa shape index (κ2) is 10.8. The molecule has 0 N–H and O–H groups in total. The molecule has 1 aliphatic rings. The number of nitriles is 1. The highest BCUT2D eigenvalue weighted by Crippen LogP contribution is 2.31. The Balaban J connectivity index is 1.35. The second-order valence-corrected chi connectivity index (χ2v) is 10.2. The van der Waals surface area contributed by atoms with Crippen molar-refractivity contribution in [3.63, 3.8) is 0 Å². The standard InChI is InChI=1S/C28H25F2N7O4/c1-28(2,3)41-27(39)36-10-8-35(9-11-36)26-32-14-17(15-33-26)37-16-34-23-7-4-18(12-19(23)25(37)38)40-24-20(13-31)21(29)5-6-22(24)30/h4-7,12,14-16H,8-11H2,1-3H3. The Labute approximate surface area is 233 Å². The van der Waals surface area contributed by atoms with Gasteiger partial charge in [-0.25, -0.2) is 28.5 Å². The lowest BCUT2D eigenvalue weighted by Crippen LogP contribution is -2.50. The highest BCUT2D eigenvalue weighted by atomic mass is 19.1. The molecule has 1 fully saturated rings. The molecule has 0 bridgehead atoms. The molecule has 0 spiro atoms. The fourth-order valence-corrected chi connectivity index (χ4v) is 4.22. The number of halogens is 2. The van der Waals surface area contributed by atoms with Gasteiger partial charge in [-0.05, 0) is 51.1 Å². The molecule has 41 heavy (non-hydrogen) atoms. The molecular formula is C28H25F2N7O4. The minimum absolute atomic E-state index is 0.0206. The van der Waals surface area contributed by atoms with Gasteiger partial charge in [0.05, 0.1) is 29.0 Å². The molecule has 210 valence electrons. The van der Waals surface area contributed by atoms with Crippen LogP contribution >= 0.6 is 0 Å². The van der Waals surface area contributed by atoms with E-state index in [0.29, 0.717) is 43.3 Å². The van der Waals surface area contributed by atoms with Crippen molar-refractivity contribution in [2.45, 2.75) is 26.4 Å². The molecular weight excluding hydrogens is 536 g/mol. The maximum absolute atomic E-state index is 14.3. The number of amides is 1. The smallest absolute Gasteiger partial charge is 0.410 e. The predicted octanol–water partition coefficient (Wildman–Crippen LogP) is 4.17. The van der Waals surface area contributed by atoms with Gasteiger partial charge in [-0.2, -0.15) is 5.26 Å². The molecule has 1 aliphatic heterocycles. The maximum atomic E-state index is 14.3. The summed E-state index contributed by atoms with van der Waals surface area (Å²) in [5.74, 6) is -1.96. The quantitative estimate of drug-likeness (QED) is 0.361. The molecule has 13 heteroatoms. The molecule has 2 aromatic heterocycles. The minimum Gasteiger partial charge on any atom is -0.453 e. The average Bonchev–Trinajstić information content (AvgIpc) is 2.95. The third-order valence-corrected chi connectivity index (χ3v) is 6.24. The Morgan fingerprint density at radius 2 is 1.68 bits per heavy atom. The van der Waals surface area contributed by atoms with Gasteiger partial charge in [-0.15, -0.1) is 0 Å². The van der Waals surface area contributed by atoms with Crippen LogP contribution in [-0.2, 0) is 4.74 Å². The Hall–Kier alpha value is -5.12. The number of nitrogens with zero attached hydrogens (tertiary/aromatic N) is 7. The zero-order valence-electron chi connectivity index (χ0n) is 22.5. The average molecular weight is 562 g/mol. The molecule has 1 amide bonds. The van der Waals surface area contributed by atoms with Gasteiger partial charge in [0.15, 0.2) is 11.6 Å². The third kappa shape index (κ3) is 5.76. The van der Waals surface area contributed by atoms with Gasteiger partial charge in [-0.1, -0.05) is 0 Å². The van der Waals surface area contributed by atoms with Crippen LogP contribution in [0.2, 0.25) is 0 Å². The third-order valence-electron chi connectivity index (χ3n) is 6.24. The zero-order chi connectivity index (χ0) is 29.3. The van der Waals surface area contributed by atoms with E-state index in [0.717, 1.165) is 12.1 Å². The number of benzene rings is 2. The van der Waals surface area contributed by atoms with Crippen LogP contribution < -0.4 is 15.2 Å². The summed E-state index contributed by atoms with van der Waals surface area (Å²) < 4.78 is 40.4. The van der Waals surface area contributed by atoms with Crippen molar-refractivity contribution in [2.24, 2.45) is 0 Å². The summed E-state index contributed by atoms with van der Waals surface area (Å²) in [6.07, 6.45) is 3.94. The Morgan fingerprint density at radius 1 is 1.00 bits per heavy atom. The first-order valence-electron chi connectivity index (χ1n) is 12.7. The van der Waals surface area contributed by atoms with E-state index in [-0.39, 0.29) is 17.2 Å². The summed E-state index contributed by atoms with van der Waals surface area (Å²) in [5.41, 5.74) is -0.924. The van der Waals surface area contributed by atoms with Crippen LogP contribution in [0.25, 0.3) is 16.6 Å². The van der Waals surface area contributed by atoms with Crippen LogP contribution in [0.1, 0.15) is 26.3 Å². The molecule has 0 unspecified atom stereocenters. The van der Waals surface area contributed by atoms with Gasteiger partial charge >= 0.3 is 6.09 Å². The van der Waals surface area contributed by atoms with E-state index in [2.05, 4.69) is 15.0 Å². The zero-order valence-corrected chi connectivity index (χ0v) is 22.5. The monoisotopic (exact) mass is 561 g/mol. The number of aromatic nitrogens is 4. The fraction of sp³-hybridized carbons (Fsp3) is 0.286. The molecule has 0 radical (unpaired) electrons. The molecule has 11 nitrogen and oxygen atoms in total. The van der Waals surface area contributed by atoms with Gasteiger partial charge in [0.1, 0.15) is 35.1 Å². The number of hydrogen-bond acceptors (Lipinski definition) is 9. The lowest BCUT2D eigenvalue weighted by Gasteiger charge is -2.35. The molecule has 3 heterocycles. The van der Waals surface area contributed by atoms with E-state index in [1.54, 1.807) is 11.0 Å². The van der Waals surface area contributed by atoms with Gasteiger partial charge < -0.3 is 19.3 Å². The van der Waals surface area contributed by atoms with E-state index >= 15 is 0 Å². The van der Waals surface area contributed by atoms with Crippen LogP contribution in [0, 0.1) is 23.0 Å².